The van der Waals surface area contributed by atoms with Gasteiger partial charge in [-0.2, -0.15) is 0 Å². The summed E-state index contributed by atoms with van der Waals surface area (Å²) in [5.74, 6) is -1.09. The summed E-state index contributed by atoms with van der Waals surface area (Å²) in [6.45, 7) is 1.27. The Kier molecular flexibility index (Phi) is 3.50. The highest BCUT2D eigenvalue weighted by atomic mass is 16.4. The Morgan fingerprint density at radius 1 is 1.33 bits per heavy atom. The predicted molar refractivity (Wildman–Crippen MR) is 67.5 cm³/mol. The number of rotatable bonds is 3. The molecule has 1 aromatic carbocycles. The van der Waals surface area contributed by atoms with Gasteiger partial charge in [0.15, 0.2) is 0 Å². The molecule has 96 valence electrons. The van der Waals surface area contributed by atoms with Crippen LogP contribution in [0.1, 0.15) is 6.42 Å². The monoisotopic (exact) mass is 248 g/mol. The average molecular weight is 248 g/mol. The Hall–Kier alpha value is -2.04. The number of likely N-dealkylation sites (N-methyl/N-ethyl adjacent to an activating group) is 1. The molecule has 1 atom stereocenters. The van der Waals surface area contributed by atoms with Crippen LogP contribution in [-0.4, -0.2) is 48.1 Å². The van der Waals surface area contributed by atoms with E-state index in [1.807, 2.05) is 35.2 Å². The minimum absolute atomic E-state index is 0.132. The second-order valence-electron chi connectivity index (χ2n) is 4.40. The molecule has 5 heteroatoms. The second kappa shape index (κ2) is 5.08. The molecule has 5 nitrogen and oxygen atoms in total. The highest BCUT2D eigenvalue weighted by Gasteiger charge is 2.34. The fourth-order valence-corrected chi connectivity index (χ4v) is 2.20. The summed E-state index contributed by atoms with van der Waals surface area (Å²) in [5.41, 5.74) is 0.894. The van der Waals surface area contributed by atoms with Crippen molar-refractivity contribution in [2.24, 2.45) is 0 Å². The van der Waals surface area contributed by atoms with Crippen LogP contribution in [0, 0.1) is 0 Å². The summed E-state index contributed by atoms with van der Waals surface area (Å²) < 4.78 is 0. The molecule has 0 spiro atoms. The Labute approximate surface area is 106 Å². The van der Waals surface area contributed by atoms with Crippen LogP contribution in [0.15, 0.2) is 30.3 Å². The van der Waals surface area contributed by atoms with Crippen LogP contribution in [0.25, 0.3) is 0 Å². The molecule has 1 N–H and O–H groups in total. The molecule has 1 saturated heterocycles. The zero-order valence-corrected chi connectivity index (χ0v) is 10.2. The minimum atomic E-state index is -0.954. The highest BCUT2D eigenvalue weighted by Crippen LogP contribution is 2.22. The van der Waals surface area contributed by atoms with Gasteiger partial charge in [-0.05, 0) is 12.1 Å². The summed E-state index contributed by atoms with van der Waals surface area (Å²) in [6.07, 6.45) is -0.169. The molecule has 1 amide bonds. The number of benzene rings is 1. The van der Waals surface area contributed by atoms with Crippen molar-refractivity contribution < 1.29 is 14.7 Å². The third kappa shape index (κ3) is 2.45. The Balaban J connectivity index is 2.27. The number of carboxylic acid groups (broad SMARTS) is 1. The van der Waals surface area contributed by atoms with Crippen LogP contribution >= 0.6 is 0 Å². The van der Waals surface area contributed by atoms with E-state index in [1.165, 1.54) is 0 Å². The fourth-order valence-electron chi connectivity index (χ4n) is 2.20. The number of aliphatic carboxylic acids is 1. The molecule has 1 aromatic rings. The number of piperazine rings is 1. The van der Waals surface area contributed by atoms with Gasteiger partial charge >= 0.3 is 5.97 Å². The molecular formula is C13H16N2O3. The van der Waals surface area contributed by atoms with Crippen LogP contribution in [-0.2, 0) is 9.59 Å². The van der Waals surface area contributed by atoms with Gasteiger partial charge in [0, 0.05) is 25.8 Å². The summed E-state index contributed by atoms with van der Waals surface area (Å²) >= 11 is 0. The third-order valence-electron chi connectivity index (χ3n) is 3.17. The number of carboxylic acids is 1. The first kappa shape index (κ1) is 12.4. The van der Waals surface area contributed by atoms with E-state index in [0.717, 1.165) is 5.69 Å². The zero-order valence-electron chi connectivity index (χ0n) is 10.2. The molecule has 1 aliphatic rings. The van der Waals surface area contributed by atoms with Crippen molar-refractivity contribution in [3.8, 4) is 0 Å². The number of amides is 1. The predicted octanol–water partition coefficient (Wildman–Crippen LogP) is 0.808. The number of hydrogen-bond acceptors (Lipinski definition) is 3. The molecule has 0 saturated carbocycles. The van der Waals surface area contributed by atoms with E-state index in [9.17, 15) is 9.59 Å². The first-order valence-electron chi connectivity index (χ1n) is 5.88. The average Bonchev–Trinajstić information content (AvgIpc) is 2.36. The normalized spacial score (nSPS) is 20.1. The first-order valence-corrected chi connectivity index (χ1v) is 5.88. The summed E-state index contributed by atoms with van der Waals surface area (Å²) in [7, 11) is 1.71. The summed E-state index contributed by atoms with van der Waals surface area (Å²) in [4.78, 5) is 26.4. The maximum atomic E-state index is 12.1. The molecule has 0 bridgehead atoms. The van der Waals surface area contributed by atoms with Crippen molar-refractivity contribution in [3.63, 3.8) is 0 Å². The lowest BCUT2D eigenvalue weighted by molar-refractivity contribution is -0.142. The smallest absolute Gasteiger partial charge is 0.305 e. The lowest BCUT2D eigenvalue weighted by Gasteiger charge is -2.40. The quantitative estimate of drug-likeness (QED) is 0.860. The second-order valence-corrected chi connectivity index (χ2v) is 4.40. The molecule has 0 aliphatic carbocycles. The fraction of sp³-hybridized carbons (Fsp3) is 0.385. The van der Waals surface area contributed by atoms with Crippen molar-refractivity contribution in [2.75, 3.05) is 25.0 Å². The number of carbonyl (C=O) groups is 2. The van der Waals surface area contributed by atoms with Gasteiger partial charge in [0.1, 0.15) is 6.04 Å². The van der Waals surface area contributed by atoms with Crippen molar-refractivity contribution >= 4 is 17.6 Å². The van der Waals surface area contributed by atoms with E-state index in [4.69, 9.17) is 5.11 Å². The van der Waals surface area contributed by atoms with E-state index in [1.54, 1.807) is 11.9 Å². The van der Waals surface area contributed by atoms with Crippen LogP contribution in [0.3, 0.4) is 0 Å². The van der Waals surface area contributed by atoms with Gasteiger partial charge in [-0.15, -0.1) is 0 Å². The van der Waals surface area contributed by atoms with Gasteiger partial charge in [0.05, 0.1) is 6.42 Å². The molecule has 18 heavy (non-hydrogen) atoms. The lowest BCUT2D eigenvalue weighted by Crippen LogP contribution is -2.56. The minimum Gasteiger partial charge on any atom is -0.481 e. The van der Waals surface area contributed by atoms with Gasteiger partial charge in [-0.25, -0.2) is 0 Å². The molecule has 0 aromatic heterocycles. The maximum absolute atomic E-state index is 12.1. The van der Waals surface area contributed by atoms with Gasteiger partial charge in [-0.1, -0.05) is 18.2 Å². The molecule has 1 heterocycles. The van der Waals surface area contributed by atoms with E-state index in [0.29, 0.717) is 13.1 Å². The Morgan fingerprint density at radius 2 is 2.00 bits per heavy atom. The van der Waals surface area contributed by atoms with Gasteiger partial charge < -0.3 is 14.9 Å². The standard InChI is InChI=1S/C13H16N2O3/c1-14-7-8-15(10-5-3-2-4-6-10)11(13(14)18)9-12(16)17/h2-6,11H,7-9H2,1H3,(H,16,17). The van der Waals surface area contributed by atoms with E-state index < -0.39 is 12.0 Å². The number of anilines is 1. The zero-order chi connectivity index (χ0) is 13.1. The topological polar surface area (TPSA) is 60.9 Å². The molecule has 2 rings (SSSR count). The Bertz CT molecular complexity index is 447. The molecule has 1 fully saturated rings. The third-order valence-corrected chi connectivity index (χ3v) is 3.17. The summed E-state index contributed by atoms with van der Waals surface area (Å²) in [5, 5.41) is 8.94. The Morgan fingerprint density at radius 3 is 2.61 bits per heavy atom. The van der Waals surface area contributed by atoms with Crippen LogP contribution in [0.5, 0.6) is 0 Å². The van der Waals surface area contributed by atoms with Crippen LogP contribution in [0.2, 0.25) is 0 Å². The number of para-hydroxylation sites is 1. The maximum Gasteiger partial charge on any atom is 0.305 e. The van der Waals surface area contributed by atoms with Gasteiger partial charge in [-0.3, -0.25) is 9.59 Å². The number of carbonyl (C=O) groups excluding carboxylic acids is 1. The lowest BCUT2D eigenvalue weighted by atomic mass is 10.1. The largest absolute Gasteiger partial charge is 0.481 e. The molecule has 1 aliphatic heterocycles. The van der Waals surface area contributed by atoms with Crippen molar-refractivity contribution in [1.29, 1.82) is 0 Å². The van der Waals surface area contributed by atoms with Crippen molar-refractivity contribution in [3.05, 3.63) is 30.3 Å². The van der Waals surface area contributed by atoms with Crippen LogP contribution in [0.4, 0.5) is 5.69 Å². The number of hydrogen-bond donors (Lipinski definition) is 1. The number of nitrogens with zero attached hydrogens (tertiary/aromatic N) is 2. The molecule has 1 unspecified atom stereocenters. The van der Waals surface area contributed by atoms with Crippen molar-refractivity contribution in [2.45, 2.75) is 12.5 Å². The van der Waals surface area contributed by atoms with E-state index >= 15 is 0 Å². The van der Waals surface area contributed by atoms with Gasteiger partial charge in [0.25, 0.3) is 0 Å². The van der Waals surface area contributed by atoms with Crippen LogP contribution < -0.4 is 4.90 Å². The van der Waals surface area contributed by atoms with E-state index in [2.05, 4.69) is 0 Å². The summed E-state index contributed by atoms with van der Waals surface area (Å²) in [6, 6.07) is 8.85. The molecular weight excluding hydrogens is 232 g/mol. The van der Waals surface area contributed by atoms with Gasteiger partial charge in [0.2, 0.25) is 5.91 Å². The van der Waals surface area contributed by atoms with E-state index in [-0.39, 0.29) is 12.3 Å². The highest BCUT2D eigenvalue weighted by molar-refractivity contribution is 5.90. The first-order chi connectivity index (χ1) is 8.59. The SMILES string of the molecule is CN1CCN(c2ccccc2)C(CC(=O)O)C1=O. The van der Waals surface area contributed by atoms with Crippen molar-refractivity contribution in [1.82, 2.24) is 4.90 Å². The molecule has 0 radical (unpaired) electrons.